The second-order valence-electron chi connectivity index (χ2n) is 13.7. The van der Waals surface area contributed by atoms with Gasteiger partial charge in [-0.2, -0.15) is 0 Å². The van der Waals surface area contributed by atoms with Crippen molar-refractivity contribution in [1.29, 1.82) is 0 Å². The van der Waals surface area contributed by atoms with Crippen molar-refractivity contribution >= 4 is 35.1 Å². The summed E-state index contributed by atoms with van der Waals surface area (Å²) in [5, 5.41) is 20.2. The van der Waals surface area contributed by atoms with Gasteiger partial charge in [0.15, 0.2) is 6.61 Å². The zero-order chi connectivity index (χ0) is 33.6. The van der Waals surface area contributed by atoms with E-state index in [-0.39, 0.29) is 16.2 Å². The first-order chi connectivity index (χ1) is 20.1. The zero-order valence-electron chi connectivity index (χ0n) is 27.1. The second kappa shape index (κ2) is 14.5. The van der Waals surface area contributed by atoms with Gasteiger partial charge in [-0.25, -0.2) is 9.59 Å². The lowest BCUT2D eigenvalue weighted by Crippen LogP contribution is -2.21. The Kier molecular flexibility index (Phi) is 12.1. The number of aliphatic carboxylic acids is 1. The molecule has 44 heavy (non-hydrogen) atoms. The molecule has 0 bridgehead atoms. The van der Waals surface area contributed by atoms with Gasteiger partial charge < -0.3 is 19.7 Å². The van der Waals surface area contributed by atoms with Gasteiger partial charge >= 0.3 is 11.9 Å². The van der Waals surface area contributed by atoms with Crippen molar-refractivity contribution in [1.82, 2.24) is 0 Å². The van der Waals surface area contributed by atoms with Gasteiger partial charge in [-0.15, -0.1) is 0 Å². The van der Waals surface area contributed by atoms with Crippen molar-refractivity contribution in [2.24, 2.45) is 5.41 Å². The lowest BCUT2D eigenvalue weighted by Gasteiger charge is -2.27. The molecule has 0 aromatic heterocycles. The number of carboxylic acids is 1. The molecule has 0 amide bonds. The van der Waals surface area contributed by atoms with E-state index in [2.05, 4.69) is 60.3 Å². The summed E-state index contributed by atoms with van der Waals surface area (Å²) in [5.41, 5.74) is 3.57. The number of carbonyl (C=O) groups excluding carboxylic acids is 1. The van der Waals surface area contributed by atoms with Gasteiger partial charge in [-0.1, -0.05) is 122 Å². The molecule has 0 fully saturated rings. The Balaban J connectivity index is 0.000000432. The molecule has 0 heterocycles. The molecule has 0 spiro atoms. The molecule has 0 aliphatic rings. The highest BCUT2D eigenvalue weighted by molar-refractivity contribution is 6.35. The molecule has 3 rings (SSSR count). The van der Waals surface area contributed by atoms with E-state index < -0.39 is 18.5 Å². The number of hydrogen-bond acceptors (Lipinski definition) is 5. The number of aromatic hydroxyl groups is 1. The Bertz CT molecular complexity index is 1500. The Morgan fingerprint density at radius 2 is 1.43 bits per heavy atom. The number of esters is 1. The molecule has 238 valence electrons. The van der Waals surface area contributed by atoms with Crippen LogP contribution in [0.15, 0.2) is 66.7 Å². The van der Waals surface area contributed by atoms with Crippen LogP contribution in [0, 0.1) is 5.41 Å². The van der Waals surface area contributed by atoms with Crippen LogP contribution in [0.2, 0.25) is 10.0 Å². The number of benzene rings is 3. The van der Waals surface area contributed by atoms with Gasteiger partial charge in [-0.3, -0.25) is 0 Å². The Morgan fingerprint density at radius 3 is 1.95 bits per heavy atom. The van der Waals surface area contributed by atoms with Crippen LogP contribution < -0.4 is 9.47 Å². The van der Waals surface area contributed by atoms with Gasteiger partial charge in [0.2, 0.25) is 0 Å². The molecular formula is C36H44Cl2O6. The van der Waals surface area contributed by atoms with Gasteiger partial charge in [0.05, 0.1) is 5.02 Å². The van der Waals surface area contributed by atoms with Gasteiger partial charge in [-0.05, 0) is 62.8 Å². The maximum Gasteiger partial charge on any atom is 0.341 e. The minimum Gasteiger partial charge on any atom is -0.507 e. The first-order valence-corrected chi connectivity index (χ1v) is 15.0. The third-order valence-electron chi connectivity index (χ3n) is 6.82. The summed E-state index contributed by atoms with van der Waals surface area (Å²) in [7, 11) is 0. The van der Waals surface area contributed by atoms with E-state index in [1.54, 1.807) is 12.1 Å². The minimum absolute atomic E-state index is 0.0567. The number of ether oxygens (including phenoxy) is 2. The number of rotatable bonds is 7. The molecule has 0 atom stereocenters. The maximum atomic E-state index is 12.6. The average Bonchev–Trinajstić information content (AvgIpc) is 2.88. The molecule has 0 unspecified atom stereocenters. The molecule has 0 radical (unpaired) electrons. The van der Waals surface area contributed by atoms with Crippen molar-refractivity contribution in [2.75, 3.05) is 6.61 Å². The summed E-state index contributed by atoms with van der Waals surface area (Å²) in [6, 6.07) is 16.2. The third-order valence-corrected chi connectivity index (χ3v) is 7.35. The summed E-state index contributed by atoms with van der Waals surface area (Å²) in [6.07, 6.45) is 0.463. The molecule has 8 heteroatoms. The normalized spacial score (nSPS) is 11.7. The number of halogens is 2. The molecule has 0 saturated carbocycles. The summed E-state index contributed by atoms with van der Waals surface area (Å²) in [5.74, 6) is -0.362. The SMILES string of the molecule is C=C(C(=O)Oc1ccccc1Cc1cc(C(C)(C)C)cc(C(C)(C)C)c1O)C(C)(C)C.O=C(O)COc1ccc(Cl)cc1Cl. The fraction of sp³-hybridized carbons (Fsp3) is 0.389. The predicted octanol–water partition coefficient (Wildman–Crippen LogP) is 9.54. The zero-order valence-corrected chi connectivity index (χ0v) is 28.6. The van der Waals surface area contributed by atoms with Crippen molar-refractivity contribution in [2.45, 2.75) is 79.6 Å². The van der Waals surface area contributed by atoms with E-state index >= 15 is 0 Å². The van der Waals surface area contributed by atoms with Crippen molar-refractivity contribution in [3.63, 3.8) is 0 Å². The van der Waals surface area contributed by atoms with E-state index in [1.807, 2.05) is 39.0 Å². The summed E-state index contributed by atoms with van der Waals surface area (Å²) >= 11 is 11.3. The van der Waals surface area contributed by atoms with Crippen LogP contribution in [0.5, 0.6) is 17.2 Å². The topological polar surface area (TPSA) is 93.1 Å². The lowest BCUT2D eigenvalue weighted by atomic mass is 9.78. The predicted molar refractivity (Wildman–Crippen MR) is 179 cm³/mol. The fourth-order valence-corrected chi connectivity index (χ4v) is 4.45. The quantitative estimate of drug-likeness (QED) is 0.151. The van der Waals surface area contributed by atoms with E-state index in [4.69, 9.17) is 37.8 Å². The van der Waals surface area contributed by atoms with Crippen molar-refractivity contribution in [3.05, 3.63) is 99.0 Å². The highest BCUT2D eigenvalue weighted by atomic mass is 35.5. The van der Waals surface area contributed by atoms with E-state index in [0.717, 1.165) is 16.7 Å². The molecule has 3 aromatic rings. The third kappa shape index (κ3) is 10.6. The van der Waals surface area contributed by atoms with Crippen molar-refractivity contribution < 1.29 is 29.3 Å². The Hall–Kier alpha value is -3.48. The van der Waals surface area contributed by atoms with Crippen LogP contribution in [0.25, 0.3) is 0 Å². The first kappa shape index (κ1) is 36.7. The molecule has 6 nitrogen and oxygen atoms in total. The highest BCUT2D eigenvalue weighted by Crippen LogP contribution is 2.39. The van der Waals surface area contributed by atoms with Crippen LogP contribution in [-0.4, -0.2) is 28.8 Å². The Labute approximate surface area is 271 Å². The number of carbonyl (C=O) groups is 2. The van der Waals surface area contributed by atoms with Gasteiger partial charge in [0, 0.05) is 17.0 Å². The lowest BCUT2D eigenvalue weighted by molar-refractivity contribution is -0.139. The number of carboxylic acid groups (broad SMARTS) is 1. The maximum absolute atomic E-state index is 12.6. The smallest absolute Gasteiger partial charge is 0.341 e. The molecular weight excluding hydrogens is 599 g/mol. The van der Waals surface area contributed by atoms with E-state index in [1.165, 1.54) is 17.7 Å². The first-order valence-electron chi connectivity index (χ1n) is 14.3. The largest absolute Gasteiger partial charge is 0.507 e. The number of para-hydroxylation sites is 1. The number of phenols is 1. The molecule has 3 aromatic carbocycles. The summed E-state index contributed by atoms with van der Waals surface area (Å²) < 4.78 is 10.6. The van der Waals surface area contributed by atoms with Gasteiger partial charge in [0.25, 0.3) is 0 Å². The molecule has 2 N–H and O–H groups in total. The Morgan fingerprint density at radius 1 is 0.818 bits per heavy atom. The van der Waals surface area contributed by atoms with E-state index in [0.29, 0.717) is 39.3 Å². The van der Waals surface area contributed by atoms with Crippen LogP contribution in [-0.2, 0) is 26.8 Å². The number of hydrogen-bond donors (Lipinski definition) is 2. The van der Waals surface area contributed by atoms with Crippen LogP contribution in [0.1, 0.15) is 84.6 Å². The highest BCUT2D eigenvalue weighted by Gasteiger charge is 2.27. The fourth-order valence-electron chi connectivity index (χ4n) is 3.99. The molecule has 0 saturated heterocycles. The van der Waals surface area contributed by atoms with Gasteiger partial charge in [0.1, 0.15) is 17.2 Å². The monoisotopic (exact) mass is 642 g/mol. The van der Waals surface area contributed by atoms with Crippen LogP contribution in [0.4, 0.5) is 0 Å². The molecule has 0 aliphatic carbocycles. The van der Waals surface area contributed by atoms with E-state index in [9.17, 15) is 14.7 Å². The summed E-state index contributed by atoms with van der Waals surface area (Å²) in [4.78, 5) is 22.8. The standard InChI is InChI=1S/C28H38O3.C8H6Cl2O3/c1-18(26(2,3)4)25(30)31-23-14-12-11-13-19(23)15-20-16-21(27(5,6)7)17-22(24(20)29)28(8,9)10;9-5-1-2-7(6(10)3-5)13-4-8(11)12/h11-14,16-17,29H,1,15H2,2-10H3;1-3H,4H2,(H,11,12). The molecule has 0 aliphatic heterocycles. The van der Waals surface area contributed by atoms with Crippen LogP contribution >= 0.6 is 23.2 Å². The minimum atomic E-state index is -1.05. The van der Waals surface area contributed by atoms with Crippen molar-refractivity contribution in [3.8, 4) is 17.2 Å². The second-order valence-corrected chi connectivity index (χ2v) is 14.5. The summed E-state index contributed by atoms with van der Waals surface area (Å²) in [6.45, 7) is 22.1. The number of phenolic OH excluding ortho intramolecular Hbond substituents is 1. The average molecular weight is 644 g/mol. The van der Waals surface area contributed by atoms with Crippen LogP contribution in [0.3, 0.4) is 0 Å².